The number of hydrogen-bond acceptors (Lipinski definition) is 4. The summed E-state index contributed by atoms with van der Waals surface area (Å²) in [7, 11) is 0. The van der Waals surface area contributed by atoms with Gasteiger partial charge in [0.2, 0.25) is 0 Å². The maximum absolute atomic E-state index is 11.6. The van der Waals surface area contributed by atoms with Crippen LogP contribution in [-0.4, -0.2) is 22.5 Å². The first kappa shape index (κ1) is 12.0. The third kappa shape index (κ3) is 2.45. The van der Waals surface area contributed by atoms with E-state index in [0.717, 1.165) is 0 Å². The summed E-state index contributed by atoms with van der Waals surface area (Å²) in [5, 5.41) is 0. The van der Waals surface area contributed by atoms with Crippen molar-refractivity contribution in [2.45, 2.75) is 6.92 Å². The largest absolute Gasteiger partial charge is 0.462 e. The Morgan fingerprint density at radius 2 is 2.28 bits per heavy atom. The molecule has 92 valence electrons. The molecule has 0 saturated heterocycles. The second kappa shape index (κ2) is 5.27. The van der Waals surface area contributed by atoms with Crippen molar-refractivity contribution in [1.29, 1.82) is 0 Å². The van der Waals surface area contributed by atoms with Crippen molar-refractivity contribution < 1.29 is 9.53 Å². The lowest BCUT2D eigenvalue weighted by Crippen LogP contribution is -2.09. The molecule has 0 fully saturated rings. The molecule has 0 bridgehead atoms. The fourth-order valence-corrected chi connectivity index (χ4v) is 1.58. The molecule has 0 aliphatic heterocycles. The van der Waals surface area contributed by atoms with Crippen LogP contribution in [0.4, 0.5) is 0 Å². The Kier molecular flexibility index (Phi) is 3.52. The molecule has 0 radical (unpaired) electrons. The molecule has 5 nitrogen and oxygen atoms in total. The zero-order valence-electron chi connectivity index (χ0n) is 9.84. The van der Waals surface area contributed by atoms with Crippen LogP contribution < -0.4 is 5.56 Å². The topological polar surface area (TPSA) is 72.0 Å². The van der Waals surface area contributed by atoms with E-state index in [1.807, 2.05) is 0 Å². The van der Waals surface area contributed by atoms with Crippen LogP contribution in [0.15, 0.2) is 41.6 Å². The number of aromatic amines is 1. The van der Waals surface area contributed by atoms with Gasteiger partial charge in [0.15, 0.2) is 0 Å². The molecule has 0 unspecified atom stereocenters. The average molecular weight is 244 g/mol. The van der Waals surface area contributed by atoms with Crippen molar-refractivity contribution in [2.24, 2.45) is 0 Å². The van der Waals surface area contributed by atoms with Gasteiger partial charge < -0.3 is 9.72 Å². The van der Waals surface area contributed by atoms with E-state index in [9.17, 15) is 9.59 Å². The van der Waals surface area contributed by atoms with Gasteiger partial charge in [0.25, 0.3) is 5.56 Å². The molecule has 0 amide bonds. The van der Waals surface area contributed by atoms with E-state index in [1.54, 1.807) is 31.2 Å². The Hall–Kier alpha value is -2.43. The van der Waals surface area contributed by atoms with E-state index >= 15 is 0 Å². The molecule has 18 heavy (non-hydrogen) atoms. The molecule has 1 aromatic heterocycles. The predicted octanol–water partition coefficient (Wildman–Crippen LogP) is 1.61. The monoisotopic (exact) mass is 244 g/mol. The lowest BCUT2D eigenvalue weighted by molar-refractivity contribution is 0.0526. The molecule has 0 saturated carbocycles. The van der Waals surface area contributed by atoms with Gasteiger partial charge in [0.1, 0.15) is 0 Å². The van der Waals surface area contributed by atoms with Crippen LogP contribution in [-0.2, 0) is 4.74 Å². The van der Waals surface area contributed by atoms with Crippen LogP contribution in [0.3, 0.4) is 0 Å². The minimum atomic E-state index is -0.403. The first-order valence-corrected chi connectivity index (χ1v) is 5.52. The average Bonchev–Trinajstić information content (AvgIpc) is 2.40. The summed E-state index contributed by atoms with van der Waals surface area (Å²) < 4.78 is 4.91. The van der Waals surface area contributed by atoms with Gasteiger partial charge in [-0.15, -0.1) is 0 Å². The van der Waals surface area contributed by atoms with Gasteiger partial charge in [-0.25, -0.2) is 9.78 Å². The maximum Gasteiger partial charge on any atom is 0.338 e. The van der Waals surface area contributed by atoms with Crippen LogP contribution in [0.25, 0.3) is 11.1 Å². The SMILES string of the molecule is CCOC(=O)c1cccc(-c2cnc[nH]c2=O)c1. The Labute approximate surface area is 103 Å². The molecule has 0 aliphatic carbocycles. The zero-order valence-corrected chi connectivity index (χ0v) is 9.84. The number of ether oxygens (including phenoxy) is 1. The molecule has 1 aromatic carbocycles. The first-order valence-electron chi connectivity index (χ1n) is 5.52. The Bertz CT molecular complexity index is 619. The van der Waals surface area contributed by atoms with Gasteiger partial charge in [0, 0.05) is 6.20 Å². The number of nitrogens with one attached hydrogen (secondary N) is 1. The van der Waals surface area contributed by atoms with Crippen molar-refractivity contribution in [2.75, 3.05) is 6.61 Å². The molecule has 1 N–H and O–H groups in total. The molecular weight excluding hydrogens is 232 g/mol. The van der Waals surface area contributed by atoms with Crippen LogP contribution in [0.1, 0.15) is 17.3 Å². The fourth-order valence-electron chi connectivity index (χ4n) is 1.58. The number of aromatic nitrogens is 2. The highest BCUT2D eigenvalue weighted by molar-refractivity contribution is 5.90. The van der Waals surface area contributed by atoms with Crippen molar-refractivity contribution in [3.05, 3.63) is 52.7 Å². The maximum atomic E-state index is 11.6. The second-order valence-corrected chi connectivity index (χ2v) is 3.60. The van der Waals surface area contributed by atoms with Gasteiger partial charge in [-0.2, -0.15) is 0 Å². The molecule has 1 heterocycles. The van der Waals surface area contributed by atoms with Gasteiger partial charge >= 0.3 is 5.97 Å². The predicted molar refractivity (Wildman–Crippen MR) is 66.3 cm³/mol. The Morgan fingerprint density at radius 3 is 3.00 bits per heavy atom. The number of nitrogens with zero attached hydrogens (tertiary/aromatic N) is 1. The normalized spacial score (nSPS) is 10.1. The van der Waals surface area contributed by atoms with Crippen molar-refractivity contribution in [1.82, 2.24) is 9.97 Å². The lowest BCUT2D eigenvalue weighted by atomic mass is 10.1. The third-order valence-corrected chi connectivity index (χ3v) is 2.40. The van der Waals surface area contributed by atoms with Crippen molar-refractivity contribution in [3.8, 4) is 11.1 Å². The molecular formula is C13H12N2O3. The highest BCUT2D eigenvalue weighted by atomic mass is 16.5. The smallest absolute Gasteiger partial charge is 0.338 e. The first-order chi connectivity index (χ1) is 8.72. The summed E-state index contributed by atoms with van der Waals surface area (Å²) in [6, 6.07) is 6.71. The van der Waals surface area contributed by atoms with Crippen molar-refractivity contribution >= 4 is 5.97 Å². The highest BCUT2D eigenvalue weighted by Gasteiger charge is 2.09. The quantitative estimate of drug-likeness (QED) is 0.832. The molecule has 0 aliphatic rings. The molecule has 2 aromatic rings. The molecule has 0 atom stereocenters. The van der Waals surface area contributed by atoms with E-state index in [4.69, 9.17) is 4.74 Å². The van der Waals surface area contributed by atoms with E-state index in [2.05, 4.69) is 9.97 Å². The summed E-state index contributed by atoms with van der Waals surface area (Å²) >= 11 is 0. The number of benzene rings is 1. The van der Waals surface area contributed by atoms with E-state index < -0.39 is 5.97 Å². The number of rotatable bonds is 3. The summed E-state index contributed by atoms with van der Waals surface area (Å²) in [5.41, 5.74) is 1.22. The van der Waals surface area contributed by atoms with Crippen molar-refractivity contribution in [3.63, 3.8) is 0 Å². The zero-order chi connectivity index (χ0) is 13.0. The van der Waals surface area contributed by atoms with Gasteiger partial charge in [0.05, 0.1) is 24.1 Å². The second-order valence-electron chi connectivity index (χ2n) is 3.60. The van der Waals surface area contributed by atoms with Crippen LogP contribution in [0.2, 0.25) is 0 Å². The Balaban J connectivity index is 2.42. The van der Waals surface area contributed by atoms with E-state index in [-0.39, 0.29) is 5.56 Å². The minimum absolute atomic E-state index is 0.244. The van der Waals surface area contributed by atoms with E-state index in [0.29, 0.717) is 23.3 Å². The van der Waals surface area contributed by atoms with E-state index in [1.165, 1.54) is 12.5 Å². The third-order valence-electron chi connectivity index (χ3n) is 2.40. The number of H-pyrrole nitrogens is 1. The summed E-state index contributed by atoms with van der Waals surface area (Å²) in [6.45, 7) is 2.06. The minimum Gasteiger partial charge on any atom is -0.462 e. The molecule has 5 heteroatoms. The van der Waals surface area contributed by atoms with Gasteiger partial charge in [-0.3, -0.25) is 4.79 Å². The van der Waals surface area contributed by atoms with Gasteiger partial charge in [-0.1, -0.05) is 12.1 Å². The molecule has 2 rings (SSSR count). The fraction of sp³-hybridized carbons (Fsp3) is 0.154. The number of carbonyl (C=O) groups excluding carboxylic acids is 1. The van der Waals surface area contributed by atoms with Gasteiger partial charge in [-0.05, 0) is 24.6 Å². The number of carbonyl (C=O) groups is 1. The number of esters is 1. The highest BCUT2D eigenvalue weighted by Crippen LogP contribution is 2.16. The summed E-state index contributed by atoms with van der Waals surface area (Å²) in [6.07, 6.45) is 2.78. The Morgan fingerprint density at radius 1 is 1.44 bits per heavy atom. The van der Waals surface area contributed by atoms with Crippen LogP contribution in [0, 0.1) is 0 Å². The van der Waals surface area contributed by atoms with Crippen LogP contribution >= 0.6 is 0 Å². The lowest BCUT2D eigenvalue weighted by Gasteiger charge is -2.04. The number of hydrogen-bond donors (Lipinski definition) is 1. The summed E-state index contributed by atoms with van der Waals surface area (Å²) in [4.78, 5) is 29.6. The molecule has 0 spiro atoms. The standard InChI is InChI=1S/C13H12N2O3/c1-2-18-13(17)10-5-3-4-9(6-10)11-7-14-8-15-12(11)16/h3-8H,2H2,1H3,(H,14,15,16). The summed E-state index contributed by atoms with van der Waals surface area (Å²) in [5.74, 6) is -0.403. The van der Waals surface area contributed by atoms with Crippen LogP contribution in [0.5, 0.6) is 0 Å².